The van der Waals surface area contributed by atoms with Gasteiger partial charge in [0, 0.05) is 6.54 Å². The fourth-order valence-electron chi connectivity index (χ4n) is 1.81. The van der Waals surface area contributed by atoms with Crippen molar-refractivity contribution < 1.29 is 4.79 Å². The Morgan fingerprint density at radius 1 is 1.22 bits per heavy atom. The van der Waals surface area contributed by atoms with E-state index in [-0.39, 0.29) is 5.91 Å². The fourth-order valence-corrected chi connectivity index (χ4v) is 1.81. The molecule has 0 aliphatic carbocycles. The van der Waals surface area contributed by atoms with Gasteiger partial charge in [-0.2, -0.15) is 0 Å². The molecule has 0 atom stereocenters. The van der Waals surface area contributed by atoms with E-state index >= 15 is 0 Å². The van der Waals surface area contributed by atoms with Gasteiger partial charge in [0.2, 0.25) is 5.91 Å². The minimum atomic E-state index is 0.0626. The normalized spacial score (nSPS) is 10.7. The predicted molar refractivity (Wildman–Crippen MR) is 75.8 cm³/mol. The van der Waals surface area contributed by atoms with Gasteiger partial charge in [-0.05, 0) is 36.9 Å². The van der Waals surface area contributed by atoms with Gasteiger partial charge in [0.05, 0.1) is 6.54 Å². The number of carbonyl (C=O) groups excluding carboxylic acids is 1. The van der Waals surface area contributed by atoms with Gasteiger partial charge >= 0.3 is 0 Å². The molecule has 0 saturated heterocycles. The summed E-state index contributed by atoms with van der Waals surface area (Å²) < 4.78 is 0. The molecule has 18 heavy (non-hydrogen) atoms. The Morgan fingerprint density at radius 2 is 1.89 bits per heavy atom. The molecule has 1 aromatic carbocycles. The molecule has 3 nitrogen and oxygen atoms in total. The second-order valence-corrected chi connectivity index (χ2v) is 4.88. The molecule has 0 bridgehead atoms. The lowest BCUT2D eigenvalue weighted by Gasteiger charge is -2.07. The molecule has 0 heterocycles. The van der Waals surface area contributed by atoms with Gasteiger partial charge in [0.25, 0.3) is 0 Å². The van der Waals surface area contributed by atoms with Crippen LogP contribution in [0.4, 0.5) is 0 Å². The highest BCUT2D eigenvalue weighted by atomic mass is 16.1. The second kappa shape index (κ2) is 7.88. The van der Waals surface area contributed by atoms with E-state index in [9.17, 15) is 4.79 Å². The van der Waals surface area contributed by atoms with Crippen LogP contribution in [0.15, 0.2) is 24.3 Å². The van der Waals surface area contributed by atoms with Gasteiger partial charge in [-0.1, -0.05) is 38.1 Å². The van der Waals surface area contributed by atoms with Crippen molar-refractivity contribution in [3.63, 3.8) is 0 Å². The maximum Gasteiger partial charge on any atom is 0.233 e. The van der Waals surface area contributed by atoms with E-state index in [1.807, 2.05) is 0 Å². The number of benzene rings is 1. The number of likely N-dealkylation sites (N-methyl/N-ethyl adjacent to an activating group) is 1. The van der Waals surface area contributed by atoms with Crippen LogP contribution in [0.1, 0.15) is 37.3 Å². The Kier molecular flexibility index (Phi) is 6.44. The number of hydrogen-bond acceptors (Lipinski definition) is 2. The summed E-state index contributed by atoms with van der Waals surface area (Å²) in [5.41, 5.74) is 2.71. The average Bonchev–Trinajstić information content (AvgIpc) is 2.35. The summed E-state index contributed by atoms with van der Waals surface area (Å²) in [7, 11) is 1.77. The molecule has 0 aliphatic rings. The van der Waals surface area contributed by atoms with Gasteiger partial charge in [0.1, 0.15) is 0 Å². The highest BCUT2D eigenvalue weighted by molar-refractivity contribution is 5.77. The van der Waals surface area contributed by atoms with Gasteiger partial charge in [-0.15, -0.1) is 0 Å². The summed E-state index contributed by atoms with van der Waals surface area (Å²) in [6, 6.07) is 8.76. The highest BCUT2D eigenvalue weighted by Crippen LogP contribution is 2.15. The molecule has 0 fully saturated rings. The second-order valence-electron chi connectivity index (χ2n) is 4.88. The van der Waals surface area contributed by atoms with E-state index in [1.165, 1.54) is 11.1 Å². The van der Waals surface area contributed by atoms with Crippen molar-refractivity contribution in [3.8, 4) is 0 Å². The number of nitrogens with one attached hydrogen (secondary N) is 2. The molecule has 0 spiro atoms. The first-order chi connectivity index (χ1) is 8.63. The molecule has 1 amide bonds. The summed E-state index contributed by atoms with van der Waals surface area (Å²) >= 11 is 0. The van der Waals surface area contributed by atoms with E-state index in [4.69, 9.17) is 0 Å². The summed E-state index contributed by atoms with van der Waals surface area (Å²) in [6.07, 6.45) is 1.99. The number of rotatable bonds is 7. The Labute approximate surface area is 110 Å². The van der Waals surface area contributed by atoms with Crippen molar-refractivity contribution in [2.75, 3.05) is 20.1 Å². The van der Waals surface area contributed by atoms with Crippen LogP contribution >= 0.6 is 0 Å². The largest absolute Gasteiger partial charge is 0.355 e. The van der Waals surface area contributed by atoms with Crippen LogP contribution in [0, 0.1) is 0 Å². The van der Waals surface area contributed by atoms with Gasteiger partial charge < -0.3 is 10.6 Å². The van der Waals surface area contributed by atoms with Crippen LogP contribution in [0.25, 0.3) is 0 Å². The highest BCUT2D eigenvalue weighted by Gasteiger charge is 2.00. The van der Waals surface area contributed by atoms with Crippen LogP contribution in [0.2, 0.25) is 0 Å². The molecule has 3 heteroatoms. The Morgan fingerprint density at radius 3 is 2.44 bits per heavy atom. The summed E-state index contributed by atoms with van der Waals surface area (Å²) in [4.78, 5) is 11.2. The number of amides is 1. The molecule has 0 unspecified atom stereocenters. The first-order valence-corrected chi connectivity index (χ1v) is 6.63. The van der Waals surface area contributed by atoms with Gasteiger partial charge in [0.15, 0.2) is 0 Å². The molecule has 0 aromatic heterocycles. The third-order valence-electron chi connectivity index (χ3n) is 2.95. The molecule has 0 aliphatic heterocycles. The van der Waals surface area contributed by atoms with Gasteiger partial charge in [-0.3, -0.25) is 4.79 Å². The summed E-state index contributed by atoms with van der Waals surface area (Å²) in [5.74, 6) is 0.646. The minimum absolute atomic E-state index is 0.0626. The van der Waals surface area contributed by atoms with Crippen molar-refractivity contribution in [3.05, 3.63) is 35.4 Å². The van der Waals surface area contributed by atoms with E-state index < -0.39 is 0 Å². The monoisotopic (exact) mass is 248 g/mol. The van der Waals surface area contributed by atoms with Crippen LogP contribution in [0.5, 0.6) is 0 Å². The number of hydrogen-bond donors (Lipinski definition) is 2. The van der Waals surface area contributed by atoms with Crippen molar-refractivity contribution >= 4 is 5.91 Å². The van der Waals surface area contributed by atoms with E-state index in [0.29, 0.717) is 12.5 Å². The first-order valence-electron chi connectivity index (χ1n) is 6.63. The molecule has 0 saturated carbocycles. The van der Waals surface area contributed by atoms with Crippen molar-refractivity contribution in [1.82, 2.24) is 10.6 Å². The first kappa shape index (κ1) is 14.7. The van der Waals surface area contributed by atoms with Crippen LogP contribution in [0.3, 0.4) is 0 Å². The van der Waals surface area contributed by atoms with Crippen molar-refractivity contribution in [2.45, 2.75) is 32.6 Å². The SMILES string of the molecule is CNCC(=O)NCCCc1ccc(C(C)C)cc1. The fraction of sp³-hybridized carbons (Fsp3) is 0.533. The molecular formula is C15H24N2O. The predicted octanol–water partition coefficient (Wildman–Crippen LogP) is 2.08. The summed E-state index contributed by atoms with van der Waals surface area (Å²) in [6.45, 7) is 5.54. The average molecular weight is 248 g/mol. The molecule has 1 aromatic rings. The third kappa shape index (κ3) is 5.32. The topological polar surface area (TPSA) is 41.1 Å². The summed E-state index contributed by atoms with van der Waals surface area (Å²) in [5, 5.41) is 5.71. The zero-order chi connectivity index (χ0) is 13.4. The lowest BCUT2D eigenvalue weighted by atomic mass is 10.0. The Bertz CT molecular complexity index is 357. The van der Waals surface area contributed by atoms with E-state index in [2.05, 4.69) is 48.7 Å². The third-order valence-corrected chi connectivity index (χ3v) is 2.95. The quantitative estimate of drug-likeness (QED) is 0.725. The lowest BCUT2D eigenvalue weighted by Crippen LogP contribution is -2.32. The van der Waals surface area contributed by atoms with Gasteiger partial charge in [-0.25, -0.2) is 0 Å². The maximum absolute atomic E-state index is 11.2. The number of aryl methyl sites for hydroxylation is 1. The van der Waals surface area contributed by atoms with Crippen molar-refractivity contribution in [2.24, 2.45) is 0 Å². The zero-order valence-electron chi connectivity index (χ0n) is 11.6. The lowest BCUT2D eigenvalue weighted by molar-refractivity contribution is -0.120. The standard InChI is InChI=1S/C15H24N2O/c1-12(2)14-8-6-13(7-9-14)5-4-10-17-15(18)11-16-3/h6-9,12,16H,4-5,10-11H2,1-3H3,(H,17,18). The van der Waals surface area contributed by atoms with Crippen LogP contribution < -0.4 is 10.6 Å². The molecule has 1 rings (SSSR count). The number of carbonyl (C=O) groups is 1. The zero-order valence-corrected chi connectivity index (χ0v) is 11.6. The molecule has 0 radical (unpaired) electrons. The molecule has 100 valence electrons. The Hall–Kier alpha value is -1.35. The molecular weight excluding hydrogens is 224 g/mol. The van der Waals surface area contributed by atoms with Crippen LogP contribution in [-0.2, 0) is 11.2 Å². The van der Waals surface area contributed by atoms with E-state index in [1.54, 1.807) is 7.05 Å². The Balaban J connectivity index is 2.25. The van der Waals surface area contributed by atoms with Crippen LogP contribution in [-0.4, -0.2) is 26.0 Å². The molecule has 2 N–H and O–H groups in total. The van der Waals surface area contributed by atoms with Crippen molar-refractivity contribution in [1.29, 1.82) is 0 Å². The smallest absolute Gasteiger partial charge is 0.233 e. The minimum Gasteiger partial charge on any atom is -0.355 e. The maximum atomic E-state index is 11.2. The van der Waals surface area contributed by atoms with E-state index in [0.717, 1.165) is 19.4 Å².